The SMILES string of the molecule is Cc1cc(-n2nc(C(F)(F)F)cc2-c2ccc(S(N)(=O)=O)c(F)c2)ccc1OC(F)(F)F. The van der Waals surface area contributed by atoms with Crippen LogP contribution in [-0.4, -0.2) is 24.6 Å². The van der Waals surface area contributed by atoms with Gasteiger partial charge in [-0.15, -0.1) is 13.2 Å². The largest absolute Gasteiger partial charge is 0.573 e. The first-order valence-corrected chi connectivity index (χ1v) is 9.97. The van der Waals surface area contributed by atoms with Crippen molar-refractivity contribution in [1.29, 1.82) is 0 Å². The number of hydrogen-bond acceptors (Lipinski definition) is 4. The summed E-state index contributed by atoms with van der Waals surface area (Å²) < 4.78 is 119. The van der Waals surface area contributed by atoms with Crippen molar-refractivity contribution in [1.82, 2.24) is 9.78 Å². The van der Waals surface area contributed by atoms with E-state index in [4.69, 9.17) is 5.14 Å². The third-order valence-electron chi connectivity index (χ3n) is 4.16. The molecule has 1 heterocycles. The second-order valence-electron chi connectivity index (χ2n) is 6.51. The van der Waals surface area contributed by atoms with Gasteiger partial charge in [0.25, 0.3) is 0 Å². The molecule has 0 aliphatic rings. The van der Waals surface area contributed by atoms with Crippen LogP contribution >= 0.6 is 0 Å². The van der Waals surface area contributed by atoms with Crippen molar-refractivity contribution in [3.05, 3.63) is 59.5 Å². The lowest BCUT2D eigenvalue weighted by molar-refractivity contribution is -0.274. The molecule has 32 heavy (non-hydrogen) atoms. The van der Waals surface area contributed by atoms with Crippen molar-refractivity contribution < 1.29 is 43.9 Å². The highest BCUT2D eigenvalue weighted by atomic mass is 32.2. The van der Waals surface area contributed by atoms with E-state index in [9.17, 15) is 39.2 Å². The Morgan fingerprint density at radius 1 is 1.00 bits per heavy atom. The van der Waals surface area contributed by atoms with Crippen LogP contribution in [0, 0.1) is 12.7 Å². The fourth-order valence-corrected chi connectivity index (χ4v) is 3.41. The number of aryl methyl sites for hydroxylation is 1. The van der Waals surface area contributed by atoms with Crippen molar-refractivity contribution in [2.45, 2.75) is 24.4 Å². The van der Waals surface area contributed by atoms with Gasteiger partial charge >= 0.3 is 12.5 Å². The molecule has 0 spiro atoms. The van der Waals surface area contributed by atoms with Gasteiger partial charge in [0.2, 0.25) is 10.0 Å². The molecule has 0 bridgehead atoms. The zero-order valence-electron chi connectivity index (χ0n) is 15.8. The number of alkyl halides is 6. The molecule has 1 aromatic heterocycles. The summed E-state index contributed by atoms with van der Waals surface area (Å²) in [4.78, 5) is -0.868. The van der Waals surface area contributed by atoms with Crippen LogP contribution in [0.3, 0.4) is 0 Å². The maximum atomic E-state index is 14.2. The molecule has 0 fully saturated rings. The summed E-state index contributed by atoms with van der Waals surface area (Å²) in [7, 11) is -4.42. The van der Waals surface area contributed by atoms with Gasteiger partial charge in [-0.1, -0.05) is 6.07 Å². The molecule has 3 aromatic rings. The predicted molar refractivity (Wildman–Crippen MR) is 96.8 cm³/mol. The number of nitrogens with two attached hydrogens (primary N) is 1. The molecule has 0 saturated heterocycles. The molecular formula is C18H12F7N3O3S. The first kappa shape index (κ1) is 23.5. The molecule has 0 unspecified atom stereocenters. The minimum atomic E-state index is -4.98. The molecule has 6 nitrogen and oxygen atoms in total. The van der Waals surface area contributed by atoms with Crippen molar-refractivity contribution in [3.63, 3.8) is 0 Å². The molecule has 14 heteroatoms. The van der Waals surface area contributed by atoms with E-state index in [-0.39, 0.29) is 22.5 Å². The molecule has 3 rings (SSSR count). The van der Waals surface area contributed by atoms with Gasteiger partial charge < -0.3 is 4.74 Å². The molecule has 2 N–H and O–H groups in total. The standard InChI is InChI=1S/C18H12F7N3O3S/c1-9-6-11(3-4-14(9)31-18(23,24)25)28-13(8-16(27-28)17(20,21)22)10-2-5-15(12(19)7-10)32(26,29)30/h2-8H,1H3,(H2,26,29,30). The first-order valence-electron chi connectivity index (χ1n) is 8.43. The molecule has 0 aliphatic carbocycles. The van der Waals surface area contributed by atoms with Crippen LogP contribution in [0.4, 0.5) is 30.7 Å². The van der Waals surface area contributed by atoms with E-state index in [2.05, 4.69) is 9.84 Å². The predicted octanol–water partition coefficient (Wildman–Crippen LogP) is 4.55. The van der Waals surface area contributed by atoms with E-state index in [1.165, 1.54) is 6.92 Å². The second kappa shape index (κ2) is 7.78. The summed E-state index contributed by atoms with van der Waals surface area (Å²) >= 11 is 0. The van der Waals surface area contributed by atoms with Crippen LogP contribution in [0.25, 0.3) is 16.9 Å². The Labute approximate surface area is 176 Å². The molecule has 0 atom stereocenters. The minimum Gasteiger partial charge on any atom is -0.406 e. The Kier molecular flexibility index (Phi) is 5.72. The van der Waals surface area contributed by atoms with Gasteiger partial charge in [-0.2, -0.15) is 18.3 Å². The van der Waals surface area contributed by atoms with Gasteiger partial charge in [0, 0.05) is 5.56 Å². The monoisotopic (exact) mass is 483 g/mol. The smallest absolute Gasteiger partial charge is 0.406 e. The van der Waals surface area contributed by atoms with E-state index < -0.39 is 44.7 Å². The molecule has 2 aromatic carbocycles. The summed E-state index contributed by atoms with van der Waals surface area (Å²) in [5.41, 5.74) is -2.01. The molecule has 0 radical (unpaired) electrons. The van der Waals surface area contributed by atoms with Gasteiger partial charge in [0.1, 0.15) is 16.5 Å². The van der Waals surface area contributed by atoms with E-state index in [1.807, 2.05) is 0 Å². The van der Waals surface area contributed by atoms with Crippen LogP contribution in [0.15, 0.2) is 47.4 Å². The molecule has 0 amide bonds. The van der Waals surface area contributed by atoms with Gasteiger partial charge in [-0.3, -0.25) is 0 Å². The number of rotatable bonds is 4. The maximum absolute atomic E-state index is 14.2. The van der Waals surface area contributed by atoms with Crippen LogP contribution in [0.5, 0.6) is 5.75 Å². The van der Waals surface area contributed by atoms with Gasteiger partial charge in [0.15, 0.2) is 5.69 Å². The average Bonchev–Trinajstić information content (AvgIpc) is 3.07. The number of hydrogen-bond donors (Lipinski definition) is 1. The Balaban J connectivity index is 2.17. The van der Waals surface area contributed by atoms with E-state index in [0.717, 1.165) is 35.0 Å². The van der Waals surface area contributed by atoms with Crippen LogP contribution in [-0.2, 0) is 16.2 Å². The van der Waals surface area contributed by atoms with Crippen molar-refractivity contribution >= 4 is 10.0 Å². The lowest BCUT2D eigenvalue weighted by Gasteiger charge is -2.14. The molecule has 172 valence electrons. The minimum absolute atomic E-state index is 0.0643. The number of nitrogens with zero attached hydrogens (tertiary/aromatic N) is 2. The third-order valence-corrected chi connectivity index (χ3v) is 5.11. The number of benzene rings is 2. The van der Waals surface area contributed by atoms with Gasteiger partial charge in [-0.05, 0) is 48.9 Å². The van der Waals surface area contributed by atoms with Crippen molar-refractivity contribution in [3.8, 4) is 22.7 Å². The van der Waals surface area contributed by atoms with Crippen LogP contribution in [0.2, 0.25) is 0 Å². The van der Waals surface area contributed by atoms with Gasteiger partial charge in [-0.25, -0.2) is 22.6 Å². The van der Waals surface area contributed by atoms with Gasteiger partial charge in [0.05, 0.1) is 11.4 Å². The number of halogens is 7. The topological polar surface area (TPSA) is 87.2 Å². The summed E-state index contributed by atoms with van der Waals surface area (Å²) in [5.74, 6) is -1.88. The Morgan fingerprint density at radius 3 is 2.16 bits per heavy atom. The van der Waals surface area contributed by atoms with E-state index >= 15 is 0 Å². The number of sulfonamides is 1. The first-order chi connectivity index (χ1) is 14.6. The highest BCUT2D eigenvalue weighted by molar-refractivity contribution is 7.89. The van der Waals surface area contributed by atoms with E-state index in [0.29, 0.717) is 12.1 Å². The van der Waals surface area contributed by atoms with Crippen molar-refractivity contribution in [2.24, 2.45) is 5.14 Å². The lowest BCUT2D eigenvalue weighted by atomic mass is 10.1. The van der Waals surface area contributed by atoms with Crippen LogP contribution in [0.1, 0.15) is 11.3 Å². The summed E-state index contributed by atoms with van der Waals surface area (Å²) in [6.07, 6.45) is -9.87. The normalized spacial score (nSPS) is 12.8. The second-order valence-corrected chi connectivity index (χ2v) is 8.04. The fraction of sp³-hybridized carbons (Fsp3) is 0.167. The average molecular weight is 483 g/mol. The number of ether oxygens (including phenoxy) is 1. The Morgan fingerprint density at radius 2 is 1.66 bits per heavy atom. The zero-order valence-corrected chi connectivity index (χ0v) is 16.6. The quantitative estimate of drug-likeness (QED) is 0.552. The number of aromatic nitrogens is 2. The van der Waals surface area contributed by atoms with Crippen LogP contribution < -0.4 is 9.88 Å². The highest BCUT2D eigenvalue weighted by Crippen LogP contribution is 2.35. The summed E-state index contributed by atoms with van der Waals surface area (Å²) in [6, 6.07) is 6.04. The van der Waals surface area contributed by atoms with Crippen molar-refractivity contribution in [2.75, 3.05) is 0 Å². The molecule has 0 saturated carbocycles. The summed E-state index contributed by atoms with van der Waals surface area (Å²) in [5, 5.41) is 8.31. The Bertz CT molecular complexity index is 1280. The third kappa shape index (κ3) is 5.02. The molecular weight excluding hydrogens is 471 g/mol. The van der Waals surface area contributed by atoms with E-state index in [1.54, 1.807) is 0 Å². The maximum Gasteiger partial charge on any atom is 0.573 e. The summed E-state index contributed by atoms with van der Waals surface area (Å²) in [6.45, 7) is 1.24. The highest BCUT2D eigenvalue weighted by Gasteiger charge is 2.36. The zero-order chi connectivity index (χ0) is 24.1. The Hall–Kier alpha value is -3.13. The lowest BCUT2D eigenvalue weighted by Crippen LogP contribution is -2.17. The fourth-order valence-electron chi connectivity index (χ4n) is 2.82. The molecule has 0 aliphatic heterocycles. The number of primary sulfonamides is 1.